The first kappa shape index (κ1) is 9.22. The van der Waals surface area contributed by atoms with Gasteiger partial charge in [0.25, 0.3) is 0 Å². The van der Waals surface area contributed by atoms with E-state index in [1.807, 2.05) is 6.07 Å². The summed E-state index contributed by atoms with van der Waals surface area (Å²) in [6.07, 6.45) is 4.45. The Morgan fingerprint density at radius 2 is 1.87 bits per heavy atom. The van der Waals surface area contributed by atoms with Gasteiger partial charge >= 0.3 is 0 Å². The third-order valence-electron chi connectivity index (χ3n) is 3.58. The number of hydrogen-bond donors (Lipinski definition) is 1. The average Bonchev–Trinajstić information content (AvgIpc) is 2.84. The van der Waals surface area contributed by atoms with E-state index in [2.05, 4.69) is 23.1 Å². The molecule has 0 spiro atoms. The van der Waals surface area contributed by atoms with Crippen molar-refractivity contribution in [3.05, 3.63) is 29.8 Å². The van der Waals surface area contributed by atoms with Gasteiger partial charge in [0.15, 0.2) is 0 Å². The molecule has 80 valence electrons. The molecule has 0 radical (unpaired) electrons. The summed E-state index contributed by atoms with van der Waals surface area (Å²) in [6, 6.07) is 8.44. The normalized spacial score (nSPS) is 23.1. The van der Waals surface area contributed by atoms with E-state index < -0.39 is 5.60 Å². The van der Waals surface area contributed by atoms with E-state index in [0.29, 0.717) is 0 Å². The fraction of sp³-hybridized carbons (Fsp3) is 0.538. The highest BCUT2D eigenvalue weighted by atomic mass is 16.3. The Morgan fingerprint density at radius 3 is 2.53 bits per heavy atom. The molecular weight excluding hydrogens is 186 g/mol. The lowest BCUT2D eigenvalue weighted by atomic mass is 10.1. The summed E-state index contributed by atoms with van der Waals surface area (Å²) in [5.74, 6) is 0. The minimum atomic E-state index is -0.490. The number of rotatable bonds is 2. The number of benzene rings is 1. The molecule has 0 aromatic heterocycles. The number of anilines is 1. The number of nitrogens with zero attached hydrogens (tertiary/aromatic N) is 1. The molecule has 1 aliphatic carbocycles. The van der Waals surface area contributed by atoms with Gasteiger partial charge in [-0.15, -0.1) is 0 Å². The summed E-state index contributed by atoms with van der Waals surface area (Å²) in [5, 5.41) is 10.0. The summed E-state index contributed by atoms with van der Waals surface area (Å²) < 4.78 is 0. The molecule has 0 bridgehead atoms. The van der Waals surface area contributed by atoms with Crippen molar-refractivity contribution in [3.8, 4) is 0 Å². The Balaban J connectivity index is 1.89. The molecule has 1 saturated heterocycles. The van der Waals surface area contributed by atoms with Crippen LogP contribution in [0.1, 0.15) is 31.2 Å². The van der Waals surface area contributed by atoms with E-state index in [1.165, 1.54) is 31.6 Å². The monoisotopic (exact) mass is 203 g/mol. The standard InChI is InChI=1S/C13H17NO/c15-13(6-7-13)11-4-3-5-12(10-11)14-8-1-2-9-14/h3-5,10,15H,1-2,6-9H2. The van der Waals surface area contributed by atoms with Crippen LogP contribution in [0.4, 0.5) is 5.69 Å². The molecule has 1 aliphatic heterocycles. The van der Waals surface area contributed by atoms with Gasteiger partial charge in [0.05, 0.1) is 5.60 Å². The predicted octanol–water partition coefficient (Wildman–Crippen LogP) is 2.27. The summed E-state index contributed by atoms with van der Waals surface area (Å²) >= 11 is 0. The molecule has 0 amide bonds. The number of aliphatic hydroxyl groups is 1. The van der Waals surface area contributed by atoms with E-state index in [1.54, 1.807) is 0 Å². The molecule has 1 N–H and O–H groups in total. The first-order chi connectivity index (χ1) is 7.28. The van der Waals surface area contributed by atoms with Crippen LogP contribution >= 0.6 is 0 Å². The number of hydrogen-bond acceptors (Lipinski definition) is 2. The molecule has 1 aromatic carbocycles. The molecular formula is C13H17NO. The molecule has 3 rings (SSSR count). The van der Waals surface area contributed by atoms with Gasteiger partial charge in [-0.2, -0.15) is 0 Å². The first-order valence-corrected chi connectivity index (χ1v) is 5.86. The van der Waals surface area contributed by atoms with E-state index >= 15 is 0 Å². The van der Waals surface area contributed by atoms with Crippen LogP contribution in [-0.4, -0.2) is 18.2 Å². The Hall–Kier alpha value is -1.02. The fourth-order valence-corrected chi connectivity index (χ4v) is 2.37. The summed E-state index contributed by atoms with van der Waals surface area (Å²) in [5.41, 5.74) is 1.90. The van der Waals surface area contributed by atoms with Crippen LogP contribution in [0.25, 0.3) is 0 Å². The van der Waals surface area contributed by atoms with Gasteiger partial charge < -0.3 is 10.0 Å². The van der Waals surface area contributed by atoms with Gasteiger partial charge in [-0.3, -0.25) is 0 Å². The molecule has 0 unspecified atom stereocenters. The van der Waals surface area contributed by atoms with Crippen molar-refractivity contribution >= 4 is 5.69 Å². The van der Waals surface area contributed by atoms with Gasteiger partial charge in [0.1, 0.15) is 0 Å². The summed E-state index contributed by atoms with van der Waals surface area (Å²) in [6.45, 7) is 2.34. The Kier molecular flexibility index (Phi) is 1.99. The average molecular weight is 203 g/mol. The van der Waals surface area contributed by atoms with Gasteiger partial charge in [-0.1, -0.05) is 12.1 Å². The van der Waals surface area contributed by atoms with Crippen LogP contribution in [-0.2, 0) is 5.60 Å². The molecule has 0 atom stereocenters. The highest BCUT2D eigenvalue weighted by Gasteiger charge is 2.42. The maximum absolute atomic E-state index is 10.0. The zero-order valence-electron chi connectivity index (χ0n) is 8.95. The van der Waals surface area contributed by atoms with Crippen molar-refractivity contribution in [3.63, 3.8) is 0 Å². The maximum atomic E-state index is 10.0. The minimum Gasteiger partial charge on any atom is -0.385 e. The van der Waals surface area contributed by atoms with Crippen LogP contribution < -0.4 is 4.90 Å². The van der Waals surface area contributed by atoms with Gasteiger partial charge in [0, 0.05) is 18.8 Å². The van der Waals surface area contributed by atoms with E-state index in [9.17, 15) is 5.11 Å². The molecule has 2 fully saturated rings. The van der Waals surface area contributed by atoms with Crippen LogP contribution in [0, 0.1) is 0 Å². The zero-order valence-corrected chi connectivity index (χ0v) is 8.95. The predicted molar refractivity (Wildman–Crippen MR) is 61.0 cm³/mol. The molecule has 2 aliphatic rings. The van der Waals surface area contributed by atoms with Crippen LogP contribution in [0.3, 0.4) is 0 Å². The van der Waals surface area contributed by atoms with E-state index in [4.69, 9.17) is 0 Å². The fourth-order valence-electron chi connectivity index (χ4n) is 2.37. The summed E-state index contributed by atoms with van der Waals surface area (Å²) in [4.78, 5) is 2.41. The van der Waals surface area contributed by atoms with Crippen molar-refractivity contribution in [2.24, 2.45) is 0 Å². The smallest absolute Gasteiger partial charge is 0.0899 e. The van der Waals surface area contributed by atoms with Gasteiger partial charge in [-0.05, 0) is 43.4 Å². The molecule has 1 saturated carbocycles. The second-order valence-electron chi connectivity index (χ2n) is 4.78. The molecule has 15 heavy (non-hydrogen) atoms. The Labute approximate surface area is 90.5 Å². The van der Waals surface area contributed by atoms with E-state index in [-0.39, 0.29) is 0 Å². The molecule has 2 nitrogen and oxygen atoms in total. The van der Waals surface area contributed by atoms with Crippen molar-refractivity contribution in [2.45, 2.75) is 31.3 Å². The Morgan fingerprint density at radius 1 is 1.13 bits per heavy atom. The first-order valence-electron chi connectivity index (χ1n) is 5.86. The topological polar surface area (TPSA) is 23.5 Å². The lowest BCUT2D eigenvalue weighted by Gasteiger charge is -2.19. The quantitative estimate of drug-likeness (QED) is 0.797. The van der Waals surface area contributed by atoms with Crippen LogP contribution in [0.5, 0.6) is 0 Å². The third-order valence-corrected chi connectivity index (χ3v) is 3.58. The lowest BCUT2D eigenvalue weighted by molar-refractivity contribution is 0.151. The summed E-state index contributed by atoms with van der Waals surface area (Å²) in [7, 11) is 0. The van der Waals surface area contributed by atoms with Gasteiger partial charge in [0.2, 0.25) is 0 Å². The maximum Gasteiger partial charge on any atom is 0.0899 e. The van der Waals surface area contributed by atoms with Crippen molar-refractivity contribution < 1.29 is 5.11 Å². The molecule has 1 heterocycles. The van der Waals surface area contributed by atoms with E-state index in [0.717, 1.165) is 18.4 Å². The zero-order chi connectivity index (χ0) is 10.3. The third kappa shape index (κ3) is 1.63. The molecule has 2 heteroatoms. The Bertz CT molecular complexity index is 365. The lowest BCUT2D eigenvalue weighted by Crippen LogP contribution is -2.18. The van der Waals surface area contributed by atoms with Crippen LogP contribution in [0.15, 0.2) is 24.3 Å². The largest absolute Gasteiger partial charge is 0.385 e. The SMILES string of the molecule is OC1(c2cccc(N3CCCC3)c2)CC1. The highest BCUT2D eigenvalue weighted by Crippen LogP contribution is 2.46. The minimum absolute atomic E-state index is 0.490. The van der Waals surface area contributed by atoms with Crippen molar-refractivity contribution in [2.75, 3.05) is 18.0 Å². The second kappa shape index (κ2) is 3.24. The van der Waals surface area contributed by atoms with Gasteiger partial charge in [-0.25, -0.2) is 0 Å². The van der Waals surface area contributed by atoms with Crippen molar-refractivity contribution in [1.82, 2.24) is 0 Å². The van der Waals surface area contributed by atoms with Crippen molar-refractivity contribution in [1.29, 1.82) is 0 Å². The highest BCUT2D eigenvalue weighted by molar-refractivity contribution is 5.51. The molecule has 1 aromatic rings. The second-order valence-corrected chi connectivity index (χ2v) is 4.78. The van der Waals surface area contributed by atoms with Crippen LogP contribution in [0.2, 0.25) is 0 Å².